The summed E-state index contributed by atoms with van der Waals surface area (Å²) in [5, 5.41) is 0.167. The highest BCUT2D eigenvalue weighted by Crippen LogP contribution is 2.10. The van der Waals surface area contributed by atoms with E-state index in [1.54, 1.807) is 0 Å². The molecule has 2 rings (SSSR count). The molecule has 0 spiro atoms. The number of benzene rings is 1. The van der Waals surface area contributed by atoms with Crippen LogP contribution >= 0.6 is 10.7 Å². The monoisotopic (exact) mass is 258 g/mol. The second-order valence-corrected chi connectivity index (χ2v) is 5.49. The number of hydrogen-bond donors (Lipinski definition) is 0. The Morgan fingerprint density at radius 2 is 1.56 bits per heavy atom. The molecule has 0 N–H and O–H groups in total. The van der Waals surface area contributed by atoms with Gasteiger partial charge in [0.25, 0.3) is 9.05 Å². The van der Waals surface area contributed by atoms with E-state index in [-0.39, 0.29) is 15.6 Å². The van der Waals surface area contributed by atoms with Crippen LogP contribution in [0.2, 0.25) is 0 Å². The van der Waals surface area contributed by atoms with Gasteiger partial charge in [-0.3, -0.25) is 9.59 Å². The molecular formula is C8H3ClN2O4S. The smallest absolute Gasteiger partial charge is 0.261 e. The summed E-state index contributed by atoms with van der Waals surface area (Å²) in [6, 6.07) is 3.53. The first-order chi connectivity index (χ1) is 7.38. The lowest BCUT2D eigenvalue weighted by molar-refractivity contribution is -0.135. The number of carbonyl (C=O) groups excluding carboxylic acids is 2. The van der Waals surface area contributed by atoms with Gasteiger partial charge >= 0.3 is 11.8 Å². The van der Waals surface area contributed by atoms with Crippen LogP contribution in [-0.4, -0.2) is 20.2 Å². The van der Waals surface area contributed by atoms with Gasteiger partial charge in [0.15, 0.2) is 0 Å². The normalized spacial score (nSPS) is 15.1. The largest absolute Gasteiger partial charge is 0.338 e. The molecule has 2 amide bonds. The van der Waals surface area contributed by atoms with Crippen molar-refractivity contribution in [2.24, 2.45) is 9.98 Å². The van der Waals surface area contributed by atoms with Crippen LogP contribution in [0.4, 0.5) is 0 Å². The zero-order valence-electron chi connectivity index (χ0n) is 7.55. The third-order valence-corrected chi connectivity index (χ3v) is 3.21. The molecule has 0 fully saturated rings. The number of rotatable bonds is 1. The number of hydrogen-bond acceptors (Lipinski definition) is 4. The highest BCUT2D eigenvalue weighted by atomic mass is 35.7. The molecule has 1 aromatic carbocycles. The second-order valence-electron chi connectivity index (χ2n) is 2.92. The molecule has 1 aromatic rings. The van der Waals surface area contributed by atoms with Gasteiger partial charge < -0.3 is 0 Å². The minimum atomic E-state index is -3.89. The van der Waals surface area contributed by atoms with Crippen molar-refractivity contribution in [3.8, 4) is 0 Å². The maximum absolute atomic E-state index is 11.0. The van der Waals surface area contributed by atoms with Gasteiger partial charge in [-0.15, -0.1) is 0 Å². The van der Waals surface area contributed by atoms with Gasteiger partial charge in [0.1, 0.15) is 0 Å². The van der Waals surface area contributed by atoms with Gasteiger partial charge in [-0.05, 0) is 18.2 Å². The number of fused-ring (bicyclic) bond motifs is 1. The average Bonchev–Trinajstić information content (AvgIpc) is 2.17. The number of carbonyl (C=O) groups is 2. The first-order valence-electron chi connectivity index (χ1n) is 3.98. The summed E-state index contributed by atoms with van der Waals surface area (Å²) in [5.74, 6) is -2.01. The molecule has 8 heteroatoms. The summed E-state index contributed by atoms with van der Waals surface area (Å²) in [4.78, 5) is 28.4. The predicted octanol–water partition coefficient (Wildman–Crippen LogP) is -1.08. The SMILES string of the molecule is O=C1N=c2ccc(S(=O)(=O)Cl)cc2=NC1=O. The number of nitrogens with zero attached hydrogens (tertiary/aromatic N) is 2. The zero-order chi connectivity index (χ0) is 11.9. The van der Waals surface area contributed by atoms with Crippen molar-refractivity contribution in [2.45, 2.75) is 4.90 Å². The number of halogens is 1. The number of amides is 2. The molecule has 0 radical (unpaired) electrons. The fraction of sp³-hybridized carbons (Fsp3) is 0. The lowest BCUT2D eigenvalue weighted by Crippen LogP contribution is -2.34. The Hall–Kier alpha value is -1.60. The molecule has 0 atom stereocenters. The first-order valence-corrected chi connectivity index (χ1v) is 6.29. The summed E-state index contributed by atoms with van der Waals surface area (Å²) in [7, 11) is 1.22. The Kier molecular flexibility index (Phi) is 2.36. The van der Waals surface area contributed by atoms with E-state index in [0.717, 1.165) is 6.07 Å². The van der Waals surface area contributed by atoms with E-state index in [1.807, 2.05) is 0 Å². The van der Waals surface area contributed by atoms with Crippen LogP contribution in [0.5, 0.6) is 0 Å². The minimum Gasteiger partial charge on any atom is -0.261 e. The van der Waals surface area contributed by atoms with Crippen LogP contribution < -0.4 is 10.7 Å². The molecule has 0 saturated heterocycles. The van der Waals surface area contributed by atoms with Crippen molar-refractivity contribution in [3.63, 3.8) is 0 Å². The Morgan fingerprint density at radius 1 is 1.00 bits per heavy atom. The predicted molar refractivity (Wildman–Crippen MR) is 51.8 cm³/mol. The van der Waals surface area contributed by atoms with Gasteiger partial charge in [0, 0.05) is 10.7 Å². The molecular weight excluding hydrogens is 256 g/mol. The molecule has 1 heterocycles. The summed E-state index contributed by atoms with van der Waals surface area (Å²) >= 11 is 0. The van der Waals surface area contributed by atoms with Crippen LogP contribution in [-0.2, 0) is 18.6 Å². The third-order valence-electron chi connectivity index (χ3n) is 1.86. The van der Waals surface area contributed by atoms with Crippen LogP contribution in [0.15, 0.2) is 33.1 Å². The fourth-order valence-corrected chi connectivity index (χ4v) is 1.92. The Labute approximate surface area is 93.7 Å². The van der Waals surface area contributed by atoms with E-state index in [1.165, 1.54) is 12.1 Å². The molecule has 0 aliphatic carbocycles. The van der Waals surface area contributed by atoms with Gasteiger partial charge in [-0.25, -0.2) is 18.4 Å². The van der Waals surface area contributed by atoms with Gasteiger partial charge in [0.05, 0.1) is 15.6 Å². The highest BCUT2D eigenvalue weighted by Gasteiger charge is 2.17. The van der Waals surface area contributed by atoms with Gasteiger partial charge in [0.2, 0.25) is 0 Å². The molecule has 0 aromatic heterocycles. The van der Waals surface area contributed by atoms with Crippen LogP contribution in [0.1, 0.15) is 0 Å². The van der Waals surface area contributed by atoms with E-state index in [4.69, 9.17) is 10.7 Å². The van der Waals surface area contributed by atoms with Crippen molar-refractivity contribution in [1.82, 2.24) is 0 Å². The van der Waals surface area contributed by atoms with Crippen LogP contribution in [0.25, 0.3) is 0 Å². The van der Waals surface area contributed by atoms with Crippen LogP contribution in [0.3, 0.4) is 0 Å². The molecule has 1 aliphatic heterocycles. The summed E-state index contributed by atoms with van der Waals surface area (Å²) in [6.07, 6.45) is 0. The molecule has 0 saturated carbocycles. The van der Waals surface area contributed by atoms with Crippen molar-refractivity contribution < 1.29 is 18.0 Å². The maximum atomic E-state index is 11.0. The topological polar surface area (TPSA) is 93.0 Å². The quantitative estimate of drug-likeness (QED) is 0.473. The molecule has 16 heavy (non-hydrogen) atoms. The summed E-state index contributed by atoms with van der Waals surface area (Å²) in [6.45, 7) is 0. The average molecular weight is 259 g/mol. The van der Waals surface area contributed by atoms with E-state index in [0.29, 0.717) is 0 Å². The Morgan fingerprint density at radius 3 is 2.12 bits per heavy atom. The van der Waals surface area contributed by atoms with Gasteiger partial charge in [-0.1, -0.05) is 0 Å². The maximum Gasteiger partial charge on any atom is 0.338 e. The van der Waals surface area contributed by atoms with E-state index in [2.05, 4.69) is 9.98 Å². The highest BCUT2D eigenvalue weighted by molar-refractivity contribution is 8.13. The third kappa shape index (κ3) is 1.86. The standard InChI is InChI=1S/C8H3ClN2O4S/c9-16(14,15)4-1-2-5-6(3-4)11-8(13)7(12)10-5/h1-3H. The molecule has 1 aliphatic rings. The van der Waals surface area contributed by atoms with Crippen molar-refractivity contribution >= 4 is 31.5 Å². The lowest BCUT2D eigenvalue weighted by atomic mass is 10.3. The zero-order valence-corrected chi connectivity index (χ0v) is 9.12. The van der Waals surface area contributed by atoms with Crippen LogP contribution in [0, 0.1) is 0 Å². The van der Waals surface area contributed by atoms with Gasteiger partial charge in [-0.2, -0.15) is 0 Å². The second kappa shape index (κ2) is 3.46. The van der Waals surface area contributed by atoms with E-state index < -0.39 is 20.9 Å². The molecule has 0 bridgehead atoms. The fourth-order valence-electron chi connectivity index (χ4n) is 1.15. The van der Waals surface area contributed by atoms with Crippen molar-refractivity contribution in [2.75, 3.05) is 0 Å². The lowest BCUT2D eigenvalue weighted by Gasteiger charge is -1.99. The van der Waals surface area contributed by atoms with Crippen molar-refractivity contribution in [3.05, 3.63) is 28.9 Å². The van der Waals surface area contributed by atoms with E-state index in [9.17, 15) is 18.0 Å². The summed E-state index contributed by atoms with van der Waals surface area (Å²) in [5.41, 5.74) is 0. The molecule has 82 valence electrons. The Bertz CT molecular complexity index is 723. The summed E-state index contributed by atoms with van der Waals surface area (Å²) < 4.78 is 22.0. The van der Waals surface area contributed by atoms with E-state index >= 15 is 0 Å². The molecule has 0 unspecified atom stereocenters. The first kappa shape index (κ1) is 10.9. The Balaban J connectivity index is 2.80. The van der Waals surface area contributed by atoms with Crippen molar-refractivity contribution in [1.29, 1.82) is 0 Å². The molecule has 6 nitrogen and oxygen atoms in total. The minimum absolute atomic E-state index is 0.0197.